The number of nitrogens with one attached hydrogen (secondary N) is 1. The molecule has 20 heavy (non-hydrogen) atoms. The molecule has 0 heterocycles. The second-order valence-electron chi connectivity index (χ2n) is 4.34. The Morgan fingerprint density at radius 3 is 2.70 bits per heavy atom. The second-order valence-corrected chi connectivity index (χ2v) is 4.75. The predicted octanol–water partition coefficient (Wildman–Crippen LogP) is 3.49. The van der Waals surface area contributed by atoms with Gasteiger partial charge in [-0.05, 0) is 36.8 Å². The van der Waals surface area contributed by atoms with E-state index < -0.39 is 0 Å². The summed E-state index contributed by atoms with van der Waals surface area (Å²) in [7, 11) is 1.53. The number of hydrogen-bond acceptors (Lipinski definition) is 3. The Kier molecular flexibility index (Phi) is 4.15. The van der Waals surface area contributed by atoms with E-state index in [0.29, 0.717) is 27.7 Å². The number of aryl methyl sites for hydroxylation is 1. The van der Waals surface area contributed by atoms with Gasteiger partial charge in [0.15, 0.2) is 0 Å². The fourth-order valence-corrected chi connectivity index (χ4v) is 2.10. The lowest BCUT2D eigenvalue weighted by molar-refractivity contribution is 0.102. The maximum atomic E-state index is 12.3. The van der Waals surface area contributed by atoms with E-state index >= 15 is 0 Å². The zero-order valence-corrected chi connectivity index (χ0v) is 12.0. The number of carbonyl (C=O) groups is 1. The van der Waals surface area contributed by atoms with Gasteiger partial charge in [-0.25, -0.2) is 0 Å². The lowest BCUT2D eigenvalue weighted by atomic mass is 10.1. The van der Waals surface area contributed by atoms with E-state index in [1.54, 1.807) is 24.3 Å². The quantitative estimate of drug-likeness (QED) is 0.851. The molecule has 0 radical (unpaired) electrons. The van der Waals surface area contributed by atoms with Crippen LogP contribution in [0.25, 0.3) is 0 Å². The Hall–Kier alpha value is -2.20. The van der Waals surface area contributed by atoms with Gasteiger partial charge < -0.3 is 15.8 Å². The number of hydrogen-bond donors (Lipinski definition) is 2. The van der Waals surface area contributed by atoms with Gasteiger partial charge in [0.1, 0.15) is 5.75 Å². The summed E-state index contributed by atoms with van der Waals surface area (Å²) in [6.07, 6.45) is 0. The standard InChI is InChI=1S/C15H15ClN2O2/c1-9-4-3-5-12(16)14(9)18-15(19)11-8-10(20-2)6-7-13(11)17/h3-8H,17H2,1-2H3,(H,18,19). The van der Waals surface area contributed by atoms with Crippen LogP contribution in [0.1, 0.15) is 15.9 Å². The molecule has 0 aliphatic carbocycles. The lowest BCUT2D eigenvalue weighted by Crippen LogP contribution is -2.15. The molecule has 0 aromatic heterocycles. The molecular formula is C15H15ClN2O2. The van der Waals surface area contributed by atoms with E-state index in [1.807, 2.05) is 19.1 Å². The molecule has 5 heteroatoms. The van der Waals surface area contributed by atoms with Gasteiger partial charge >= 0.3 is 0 Å². The summed E-state index contributed by atoms with van der Waals surface area (Å²) in [5.41, 5.74) is 8.02. The molecule has 3 N–H and O–H groups in total. The number of carbonyl (C=O) groups excluding carboxylic acids is 1. The number of ether oxygens (including phenoxy) is 1. The summed E-state index contributed by atoms with van der Waals surface area (Å²) in [4.78, 5) is 12.3. The van der Waals surface area contributed by atoms with Crippen LogP contribution < -0.4 is 15.8 Å². The summed E-state index contributed by atoms with van der Waals surface area (Å²) in [6, 6.07) is 10.3. The monoisotopic (exact) mass is 290 g/mol. The minimum atomic E-state index is -0.322. The van der Waals surface area contributed by atoms with E-state index in [9.17, 15) is 4.79 Å². The highest BCUT2D eigenvalue weighted by Crippen LogP contribution is 2.27. The van der Waals surface area contributed by atoms with Gasteiger partial charge in [0.25, 0.3) is 5.91 Å². The summed E-state index contributed by atoms with van der Waals surface area (Å²) in [5, 5.41) is 3.27. The average molecular weight is 291 g/mol. The molecule has 0 aliphatic rings. The molecule has 1 amide bonds. The smallest absolute Gasteiger partial charge is 0.257 e. The fraction of sp³-hybridized carbons (Fsp3) is 0.133. The summed E-state index contributed by atoms with van der Waals surface area (Å²) in [5.74, 6) is 0.248. The number of methoxy groups -OCH3 is 1. The number of rotatable bonds is 3. The van der Waals surface area contributed by atoms with Crippen molar-refractivity contribution in [3.05, 3.63) is 52.5 Å². The minimum Gasteiger partial charge on any atom is -0.497 e. The molecule has 2 rings (SSSR count). The van der Waals surface area contributed by atoms with Crippen LogP contribution in [0.3, 0.4) is 0 Å². The molecule has 0 fully saturated rings. The first-order valence-electron chi connectivity index (χ1n) is 6.03. The van der Waals surface area contributed by atoms with Gasteiger partial charge in [0, 0.05) is 5.69 Å². The van der Waals surface area contributed by atoms with Crippen LogP contribution in [0.4, 0.5) is 11.4 Å². The molecule has 0 saturated carbocycles. The number of benzene rings is 2. The number of para-hydroxylation sites is 1. The zero-order chi connectivity index (χ0) is 14.7. The summed E-state index contributed by atoms with van der Waals surface area (Å²) >= 11 is 6.09. The summed E-state index contributed by atoms with van der Waals surface area (Å²) in [6.45, 7) is 1.87. The average Bonchev–Trinajstić information content (AvgIpc) is 2.43. The third-order valence-electron chi connectivity index (χ3n) is 2.97. The van der Waals surface area contributed by atoms with Crippen LogP contribution in [0, 0.1) is 6.92 Å². The first-order chi connectivity index (χ1) is 9.52. The molecule has 0 saturated heterocycles. The number of amides is 1. The Morgan fingerprint density at radius 1 is 1.30 bits per heavy atom. The molecule has 0 aliphatic heterocycles. The SMILES string of the molecule is COc1ccc(N)c(C(=O)Nc2c(C)cccc2Cl)c1. The van der Waals surface area contributed by atoms with Crippen molar-refractivity contribution < 1.29 is 9.53 Å². The molecule has 0 unspecified atom stereocenters. The van der Waals surface area contributed by atoms with Crippen LogP contribution >= 0.6 is 11.6 Å². The Labute approximate surface area is 122 Å². The van der Waals surface area contributed by atoms with Crippen LogP contribution in [0.2, 0.25) is 5.02 Å². The van der Waals surface area contributed by atoms with Crippen LogP contribution in [0.15, 0.2) is 36.4 Å². The number of halogens is 1. The van der Waals surface area contributed by atoms with Gasteiger partial charge in [-0.1, -0.05) is 23.7 Å². The Bertz CT molecular complexity index is 636. The molecule has 104 valence electrons. The largest absolute Gasteiger partial charge is 0.497 e. The van der Waals surface area contributed by atoms with Crippen molar-refractivity contribution in [2.45, 2.75) is 6.92 Å². The maximum absolute atomic E-state index is 12.3. The van der Waals surface area contributed by atoms with Crippen molar-refractivity contribution in [1.82, 2.24) is 0 Å². The van der Waals surface area contributed by atoms with Crippen molar-refractivity contribution in [3.8, 4) is 5.75 Å². The normalized spacial score (nSPS) is 10.2. The third kappa shape index (κ3) is 2.86. The number of nitrogen functional groups attached to an aromatic ring is 1. The Balaban J connectivity index is 2.33. The highest BCUT2D eigenvalue weighted by molar-refractivity contribution is 6.34. The highest BCUT2D eigenvalue weighted by atomic mass is 35.5. The van der Waals surface area contributed by atoms with Crippen molar-refractivity contribution in [2.75, 3.05) is 18.2 Å². The molecule has 0 spiro atoms. The van der Waals surface area contributed by atoms with E-state index in [0.717, 1.165) is 5.56 Å². The van der Waals surface area contributed by atoms with Crippen molar-refractivity contribution in [3.63, 3.8) is 0 Å². The van der Waals surface area contributed by atoms with E-state index in [4.69, 9.17) is 22.1 Å². The van der Waals surface area contributed by atoms with E-state index in [1.165, 1.54) is 7.11 Å². The van der Waals surface area contributed by atoms with Crippen LogP contribution in [0.5, 0.6) is 5.75 Å². The third-order valence-corrected chi connectivity index (χ3v) is 3.28. The molecule has 2 aromatic carbocycles. The molecule has 0 atom stereocenters. The van der Waals surface area contributed by atoms with Crippen molar-refractivity contribution in [1.29, 1.82) is 0 Å². The lowest BCUT2D eigenvalue weighted by Gasteiger charge is -2.12. The highest BCUT2D eigenvalue weighted by Gasteiger charge is 2.14. The molecular weight excluding hydrogens is 276 g/mol. The molecule has 0 bridgehead atoms. The van der Waals surface area contributed by atoms with Crippen LogP contribution in [-0.2, 0) is 0 Å². The van der Waals surface area contributed by atoms with Gasteiger partial charge in [-0.15, -0.1) is 0 Å². The first kappa shape index (κ1) is 14.2. The summed E-state index contributed by atoms with van der Waals surface area (Å²) < 4.78 is 5.10. The fourth-order valence-electron chi connectivity index (χ4n) is 1.83. The van der Waals surface area contributed by atoms with E-state index in [-0.39, 0.29) is 5.91 Å². The molecule has 4 nitrogen and oxygen atoms in total. The second kappa shape index (κ2) is 5.84. The Morgan fingerprint density at radius 2 is 2.05 bits per heavy atom. The number of nitrogens with two attached hydrogens (primary N) is 1. The van der Waals surface area contributed by atoms with Crippen LogP contribution in [-0.4, -0.2) is 13.0 Å². The van der Waals surface area contributed by atoms with Gasteiger partial charge in [0.2, 0.25) is 0 Å². The predicted molar refractivity (Wildman–Crippen MR) is 81.5 cm³/mol. The topological polar surface area (TPSA) is 64.3 Å². The first-order valence-corrected chi connectivity index (χ1v) is 6.40. The zero-order valence-electron chi connectivity index (χ0n) is 11.2. The van der Waals surface area contributed by atoms with E-state index in [2.05, 4.69) is 5.32 Å². The maximum Gasteiger partial charge on any atom is 0.257 e. The van der Waals surface area contributed by atoms with Gasteiger partial charge in [-0.2, -0.15) is 0 Å². The van der Waals surface area contributed by atoms with Crippen molar-refractivity contribution in [2.24, 2.45) is 0 Å². The minimum absolute atomic E-state index is 0.322. The van der Waals surface area contributed by atoms with Gasteiger partial charge in [-0.3, -0.25) is 4.79 Å². The molecule has 2 aromatic rings. The van der Waals surface area contributed by atoms with Crippen molar-refractivity contribution >= 4 is 28.9 Å². The number of anilines is 2. The van der Waals surface area contributed by atoms with Gasteiger partial charge in [0.05, 0.1) is 23.4 Å².